The van der Waals surface area contributed by atoms with Crippen LogP contribution in [0.5, 0.6) is 0 Å². The Hall–Kier alpha value is -2.26. The van der Waals surface area contributed by atoms with Gasteiger partial charge in [0, 0.05) is 26.6 Å². The first-order valence-corrected chi connectivity index (χ1v) is 10.7. The largest absolute Gasteiger partial charge is 0.379 e. The van der Waals surface area contributed by atoms with E-state index in [1.807, 2.05) is 17.7 Å². The second kappa shape index (κ2) is 7.29. The Labute approximate surface area is 167 Å². The summed E-state index contributed by atoms with van der Waals surface area (Å²) >= 11 is 1.68. The molecule has 0 aromatic carbocycles. The first-order valence-electron chi connectivity index (χ1n) is 9.81. The highest BCUT2D eigenvalue weighted by Crippen LogP contribution is 2.43. The van der Waals surface area contributed by atoms with E-state index in [0.29, 0.717) is 17.7 Å². The van der Waals surface area contributed by atoms with Crippen molar-refractivity contribution in [3.8, 4) is 10.6 Å². The van der Waals surface area contributed by atoms with Gasteiger partial charge < -0.3 is 14.2 Å². The lowest BCUT2D eigenvalue weighted by Crippen LogP contribution is -2.37. The normalized spacial score (nSPS) is 27.3. The van der Waals surface area contributed by atoms with E-state index in [1.165, 1.54) is 0 Å². The summed E-state index contributed by atoms with van der Waals surface area (Å²) in [6.07, 6.45) is 4.99. The van der Waals surface area contributed by atoms with Gasteiger partial charge in [-0.2, -0.15) is 4.98 Å². The van der Waals surface area contributed by atoms with Crippen LogP contribution >= 0.6 is 11.3 Å². The maximum Gasteiger partial charge on any atom is 0.266 e. The van der Waals surface area contributed by atoms with Gasteiger partial charge in [-0.1, -0.05) is 18.2 Å². The number of hydrogen-bond acceptors (Lipinski definition) is 8. The molecular formula is C19H24N6O2S. The minimum Gasteiger partial charge on any atom is -0.379 e. The number of aromatic nitrogens is 5. The molecule has 4 atom stereocenters. The molecule has 0 radical (unpaired) electrons. The molecule has 0 spiro atoms. The van der Waals surface area contributed by atoms with Gasteiger partial charge in [-0.3, -0.25) is 0 Å². The number of rotatable bonds is 5. The lowest BCUT2D eigenvalue weighted by Gasteiger charge is -2.36. The number of ether oxygens (including phenoxy) is 1. The van der Waals surface area contributed by atoms with Crippen LogP contribution in [0.25, 0.3) is 10.6 Å². The van der Waals surface area contributed by atoms with Gasteiger partial charge in [0.25, 0.3) is 5.95 Å². The van der Waals surface area contributed by atoms with Crippen molar-refractivity contribution < 1.29 is 9.26 Å². The van der Waals surface area contributed by atoms with E-state index in [0.717, 1.165) is 48.9 Å². The van der Waals surface area contributed by atoms with Gasteiger partial charge >= 0.3 is 0 Å². The molecule has 1 saturated heterocycles. The zero-order valence-corrected chi connectivity index (χ0v) is 16.9. The molecule has 1 saturated carbocycles. The van der Waals surface area contributed by atoms with E-state index in [2.05, 4.69) is 43.0 Å². The second-order valence-electron chi connectivity index (χ2n) is 7.64. The summed E-state index contributed by atoms with van der Waals surface area (Å²) in [4.78, 5) is 7.91. The number of nitrogens with zero attached hydrogens (tertiary/aromatic N) is 6. The van der Waals surface area contributed by atoms with Gasteiger partial charge in [0.2, 0.25) is 5.89 Å². The van der Waals surface area contributed by atoms with Crippen molar-refractivity contribution in [2.24, 2.45) is 11.8 Å². The Morgan fingerprint density at radius 2 is 2.14 bits per heavy atom. The van der Waals surface area contributed by atoms with Crippen LogP contribution in [0.4, 0.5) is 5.95 Å². The standard InChI is InChI=1S/C19H24N6O2S/c1-3-18-20-19(22-27-18)24-9-12-7-15(16(26-2)8-13(12)10-24)25-11-14(21-23-25)17-5-4-6-28-17/h4-6,11-13,15-16H,3,7-10H2,1-2H3/t12-,13+,15-,16-/m1/s1. The summed E-state index contributed by atoms with van der Waals surface area (Å²) in [5.41, 5.74) is 0.930. The third-order valence-corrected chi connectivity index (χ3v) is 6.95. The van der Waals surface area contributed by atoms with Gasteiger partial charge in [-0.15, -0.1) is 16.4 Å². The Morgan fingerprint density at radius 1 is 1.29 bits per heavy atom. The summed E-state index contributed by atoms with van der Waals surface area (Å²) in [7, 11) is 1.80. The van der Waals surface area contributed by atoms with Crippen molar-refractivity contribution >= 4 is 17.3 Å². The molecule has 9 heteroatoms. The lowest BCUT2D eigenvalue weighted by atomic mass is 9.77. The number of methoxy groups -OCH3 is 1. The van der Waals surface area contributed by atoms with Crippen LogP contribution < -0.4 is 4.90 Å². The van der Waals surface area contributed by atoms with Gasteiger partial charge in [-0.05, 0) is 41.3 Å². The first-order chi connectivity index (χ1) is 13.7. The fraction of sp³-hybridized carbons (Fsp3) is 0.579. The van der Waals surface area contributed by atoms with E-state index >= 15 is 0 Å². The van der Waals surface area contributed by atoms with Gasteiger partial charge in [0.1, 0.15) is 5.69 Å². The third kappa shape index (κ3) is 3.12. The van der Waals surface area contributed by atoms with Gasteiger partial charge in [0.15, 0.2) is 0 Å². The van der Waals surface area contributed by atoms with Crippen molar-refractivity contribution in [1.82, 2.24) is 25.1 Å². The van der Waals surface area contributed by atoms with Crippen molar-refractivity contribution in [3.05, 3.63) is 29.6 Å². The summed E-state index contributed by atoms with van der Waals surface area (Å²) in [5, 5.41) is 15.0. The Morgan fingerprint density at radius 3 is 2.86 bits per heavy atom. The first kappa shape index (κ1) is 17.8. The molecule has 0 N–H and O–H groups in total. The van der Waals surface area contributed by atoms with Crippen molar-refractivity contribution in [3.63, 3.8) is 0 Å². The van der Waals surface area contributed by atoms with E-state index in [1.54, 1.807) is 18.4 Å². The lowest BCUT2D eigenvalue weighted by molar-refractivity contribution is -0.00541. The van der Waals surface area contributed by atoms with Crippen molar-refractivity contribution in [1.29, 1.82) is 0 Å². The predicted octanol–water partition coefficient (Wildman–Crippen LogP) is 3.05. The van der Waals surface area contributed by atoms with Gasteiger partial charge in [-0.25, -0.2) is 4.68 Å². The number of hydrogen-bond donors (Lipinski definition) is 0. The van der Waals surface area contributed by atoms with Crippen molar-refractivity contribution in [2.75, 3.05) is 25.1 Å². The molecule has 0 bridgehead atoms. The van der Waals surface area contributed by atoms with Crippen molar-refractivity contribution in [2.45, 2.75) is 38.3 Å². The molecule has 5 rings (SSSR count). The molecule has 1 aliphatic carbocycles. The number of fused-ring (bicyclic) bond motifs is 1. The topological polar surface area (TPSA) is 82.1 Å². The minimum atomic E-state index is 0.135. The number of aryl methyl sites for hydroxylation is 1. The maximum atomic E-state index is 5.87. The molecule has 1 aliphatic heterocycles. The number of thiophene rings is 1. The zero-order chi connectivity index (χ0) is 19.1. The van der Waals surface area contributed by atoms with Crippen LogP contribution in [0, 0.1) is 11.8 Å². The van der Waals surface area contributed by atoms with Crippen LogP contribution in [-0.4, -0.2) is 51.4 Å². The Bertz CT molecular complexity index is 923. The molecule has 8 nitrogen and oxygen atoms in total. The molecule has 0 amide bonds. The van der Waals surface area contributed by atoms with Crippen LogP contribution in [0.3, 0.4) is 0 Å². The highest BCUT2D eigenvalue weighted by molar-refractivity contribution is 7.13. The molecule has 4 heterocycles. The highest BCUT2D eigenvalue weighted by Gasteiger charge is 2.44. The number of anilines is 1. The van der Waals surface area contributed by atoms with Crippen LogP contribution in [0.1, 0.15) is 31.7 Å². The SMILES string of the molecule is CCc1nc(N2C[C@H]3C[C@@H](n4cc(-c5cccs5)nn4)[C@H](OC)C[C@H]3C2)no1. The molecule has 3 aromatic heterocycles. The quantitative estimate of drug-likeness (QED) is 0.651. The van der Waals surface area contributed by atoms with Crippen LogP contribution in [0.2, 0.25) is 0 Å². The van der Waals surface area contributed by atoms with E-state index in [-0.39, 0.29) is 12.1 Å². The fourth-order valence-electron chi connectivity index (χ4n) is 4.58. The summed E-state index contributed by atoms with van der Waals surface area (Å²) in [6, 6.07) is 4.31. The van der Waals surface area contributed by atoms with E-state index < -0.39 is 0 Å². The summed E-state index contributed by atoms with van der Waals surface area (Å²) < 4.78 is 13.2. The minimum absolute atomic E-state index is 0.135. The Kier molecular flexibility index (Phi) is 4.64. The molecule has 148 valence electrons. The highest BCUT2D eigenvalue weighted by atomic mass is 32.1. The molecule has 0 unspecified atom stereocenters. The van der Waals surface area contributed by atoms with Crippen LogP contribution in [-0.2, 0) is 11.2 Å². The second-order valence-corrected chi connectivity index (χ2v) is 8.59. The van der Waals surface area contributed by atoms with E-state index in [4.69, 9.17) is 9.26 Å². The molecule has 3 aromatic rings. The monoisotopic (exact) mass is 400 g/mol. The molecular weight excluding hydrogens is 376 g/mol. The average Bonchev–Trinajstić information content (AvgIpc) is 3.51. The van der Waals surface area contributed by atoms with Crippen LogP contribution in [0.15, 0.2) is 28.2 Å². The summed E-state index contributed by atoms with van der Waals surface area (Å²) in [6.45, 7) is 3.93. The third-order valence-electron chi connectivity index (χ3n) is 6.05. The zero-order valence-electron chi connectivity index (χ0n) is 16.1. The fourth-order valence-corrected chi connectivity index (χ4v) is 5.25. The molecule has 2 aliphatic rings. The summed E-state index contributed by atoms with van der Waals surface area (Å²) in [5.74, 6) is 2.55. The molecule has 28 heavy (non-hydrogen) atoms. The van der Waals surface area contributed by atoms with E-state index in [9.17, 15) is 0 Å². The average molecular weight is 401 g/mol. The maximum absolute atomic E-state index is 5.87. The Balaban J connectivity index is 1.34. The predicted molar refractivity (Wildman–Crippen MR) is 105 cm³/mol. The smallest absolute Gasteiger partial charge is 0.266 e. The van der Waals surface area contributed by atoms with Gasteiger partial charge in [0.05, 0.1) is 23.2 Å². The molecule has 2 fully saturated rings.